The molecule has 10 heteroatoms. The summed E-state index contributed by atoms with van der Waals surface area (Å²) in [6.07, 6.45) is 4.52. The maximum Gasteiger partial charge on any atom is 0.243 e. The molecule has 3 aromatic rings. The van der Waals surface area contributed by atoms with Crippen LogP contribution in [0.4, 0.5) is 0 Å². The third kappa shape index (κ3) is 3.24. The zero-order valence-corrected chi connectivity index (χ0v) is 18.7. The van der Waals surface area contributed by atoms with Crippen LogP contribution in [0.15, 0.2) is 18.5 Å². The van der Waals surface area contributed by atoms with E-state index in [0.29, 0.717) is 46.3 Å². The number of pyridine rings is 1. The van der Waals surface area contributed by atoms with E-state index < -0.39 is 0 Å². The predicted molar refractivity (Wildman–Crippen MR) is 121 cm³/mol. The lowest BCUT2D eigenvalue weighted by molar-refractivity contribution is -0.132. The molecule has 32 heavy (non-hydrogen) atoms. The van der Waals surface area contributed by atoms with Gasteiger partial charge in [0.25, 0.3) is 0 Å². The number of ketones is 1. The summed E-state index contributed by atoms with van der Waals surface area (Å²) >= 11 is 0. The van der Waals surface area contributed by atoms with Gasteiger partial charge in [0.05, 0.1) is 24.1 Å². The summed E-state index contributed by atoms with van der Waals surface area (Å²) in [5.74, 6) is 0.833. The molecule has 0 aromatic carbocycles. The molecule has 2 fully saturated rings. The maximum atomic E-state index is 13.2. The van der Waals surface area contributed by atoms with Gasteiger partial charge in [-0.05, 0) is 43.6 Å². The summed E-state index contributed by atoms with van der Waals surface area (Å²) in [6, 6.07) is 1.82. The fraction of sp³-hybridized carbons (Fsp3) is 0.455. The number of Topliss-reactive ketones (excluding diaryl/α,β-unsaturated/α-hetero) is 1. The average Bonchev–Trinajstić information content (AvgIpc) is 3.12. The van der Waals surface area contributed by atoms with Crippen LogP contribution in [0.2, 0.25) is 0 Å². The molecule has 1 amide bonds. The van der Waals surface area contributed by atoms with Crippen molar-refractivity contribution in [2.45, 2.75) is 46.6 Å². The molecule has 3 radical (unpaired) electrons. The van der Waals surface area contributed by atoms with Gasteiger partial charge in [-0.1, -0.05) is 6.92 Å². The minimum atomic E-state index is -0.166. The van der Waals surface area contributed by atoms with Crippen molar-refractivity contribution in [3.05, 3.63) is 35.7 Å². The van der Waals surface area contributed by atoms with E-state index in [1.54, 1.807) is 24.2 Å². The number of hydrogen-bond donors (Lipinski definition) is 0. The van der Waals surface area contributed by atoms with Crippen molar-refractivity contribution in [3.8, 4) is 11.3 Å². The van der Waals surface area contributed by atoms with Gasteiger partial charge in [0.15, 0.2) is 5.78 Å². The highest BCUT2D eigenvalue weighted by Crippen LogP contribution is 2.60. The highest BCUT2D eigenvalue weighted by molar-refractivity contribution is 6.90. The topological polar surface area (TPSA) is 93.9 Å². The number of likely N-dealkylation sites (tertiary alicyclic amines) is 1. The summed E-state index contributed by atoms with van der Waals surface area (Å²) in [5.41, 5.74) is 3.27. The second-order valence-corrected chi connectivity index (χ2v) is 9.24. The Balaban J connectivity index is 1.53. The van der Waals surface area contributed by atoms with Crippen molar-refractivity contribution in [2.24, 2.45) is 11.3 Å². The molecular formula is C22H23B2N6O2. The van der Waals surface area contributed by atoms with Crippen molar-refractivity contribution in [1.29, 1.82) is 0 Å². The van der Waals surface area contributed by atoms with Gasteiger partial charge in [0.2, 0.25) is 5.91 Å². The molecule has 3 unspecified atom stereocenters. The number of hydrogen-bond acceptors (Lipinski definition) is 6. The molecule has 5 rings (SSSR count). The number of carbonyl (C=O) groups excluding carboxylic acids is 2. The average molecular weight is 425 g/mol. The number of carbonyl (C=O) groups is 2. The van der Waals surface area contributed by atoms with E-state index >= 15 is 0 Å². The van der Waals surface area contributed by atoms with E-state index in [9.17, 15) is 9.59 Å². The second-order valence-electron chi connectivity index (χ2n) is 9.24. The van der Waals surface area contributed by atoms with E-state index in [1.807, 2.05) is 24.8 Å². The highest BCUT2D eigenvalue weighted by atomic mass is 16.2. The Bertz CT molecular complexity index is 1260. The lowest BCUT2D eigenvalue weighted by Gasteiger charge is -2.27. The molecule has 1 saturated heterocycles. The summed E-state index contributed by atoms with van der Waals surface area (Å²) in [5, 5.41) is 5.19. The van der Waals surface area contributed by atoms with Crippen LogP contribution in [0.25, 0.3) is 22.2 Å². The number of piperidine rings is 1. The van der Waals surface area contributed by atoms with Crippen molar-refractivity contribution in [1.82, 2.24) is 29.6 Å². The molecule has 2 aliphatic rings. The molecule has 0 bridgehead atoms. The standard InChI is InChI=1S/C22H23B2N6O2/c1-11-20-15(5-17(27-11)14-7-25-13(3)26-8-14)19(12(2)31)28-30(20)9-18(32)29-10-22(4)6-16(22)21(29)24-23/h5,7-8,16,21H,6,9-10H2,1-4H3. The molecule has 4 heterocycles. The first-order valence-electron chi connectivity index (χ1n) is 10.7. The van der Waals surface area contributed by atoms with Gasteiger partial charge in [0.1, 0.15) is 18.1 Å². The van der Waals surface area contributed by atoms with Crippen molar-refractivity contribution in [2.75, 3.05) is 6.54 Å². The van der Waals surface area contributed by atoms with Gasteiger partial charge in [-0.2, -0.15) is 5.10 Å². The Hall–Kier alpha value is -3.03. The number of rotatable bonds is 5. The monoisotopic (exact) mass is 425 g/mol. The van der Waals surface area contributed by atoms with Crippen molar-refractivity contribution < 1.29 is 9.59 Å². The van der Waals surface area contributed by atoms with Gasteiger partial charge in [0, 0.05) is 44.5 Å². The Morgan fingerprint density at radius 1 is 1.28 bits per heavy atom. The maximum absolute atomic E-state index is 13.2. The van der Waals surface area contributed by atoms with Gasteiger partial charge < -0.3 is 4.90 Å². The molecule has 1 aliphatic carbocycles. The number of fused-ring (bicyclic) bond motifs is 2. The quantitative estimate of drug-likeness (QED) is 0.457. The summed E-state index contributed by atoms with van der Waals surface area (Å²) in [6.45, 7) is 8.08. The lowest BCUT2D eigenvalue weighted by Crippen LogP contribution is -2.44. The number of aryl methyl sites for hydroxylation is 2. The van der Waals surface area contributed by atoms with Gasteiger partial charge in [-0.15, -0.1) is 0 Å². The van der Waals surface area contributed by atoms with Gasteiger partial charge in [-0.3, -0.25) is 19.3 Å². The van der Waals surface area contributed by atoms with Crippen LogP contribution in [-0.2, 0) is 11.3 Å². The highest BCUT2D eigenvalue weighted by Gasteiger charge is 2.61. The van der Waals surface area contributed by atoms with E-state index in [4.69, 9.17) is 12.7 Å². The molecule has 1 aliphatic heterocycles. The molecule has 8 nitrogen and oxygen atoms in total. The first-order valence-corrected chi connectivity index (χ1v) is 10.7. The predicted octanol–water partition coefficient (Wildman–Crippen LogP) is 1.69. The normalized spacial score (nSPS) is 23.9. The Kier molecular flexibility index (Phi) is 4.72. The van der Waals surface area contributed by atoms with Crippen LogP contribution < -0.4 is 0 Å². The molecule has 0 spiro atoms. The van der Waals surface area contributed by atoms with Crippen molar-refractivity contribution in [3.63, 3.8) is 0 Å². The molecule has 159 valence electrons. The Labute approximate surface area is 188 Å². The minimum Gasteiger partial charge on any atom is -0.346 e. The first kappa shape index (κ1) is 20.8. The Morgan fingerprint density at radius 2 is 2.00 bits per heavy atom. The number of nitrogens with zero attached hydrogens (tertiary/aromatic N) is 6. The summed E-state index contributed by atoms with van der Waals surface area (Å²) in [7, 11) is 7.50. The van der Waals surface area contributed by atoms with Gasteiger partial charge in [-0.25, -0.2) is 9.97 Å². The SMILES string of the molecule is [B][B]C1C2CC2(C)CN1C(=O)Cn1nc(C(C)=O)c2cc(-c3cnc(C)nc3)nc(C)c21. The molecule has 3 atom stereocenters. The second kappa shape index (κ2) is 7.25. The van der Waals surface area contributed by atoms with Crippen molar-refractivity contribution >= 4 is 37.5 Å². The van der Waals surface area contributed by atoms with E-state index in [2.05, 4.69) is 22.0 Å². The van der Waals surface area contributed by atoms with Crippen LogP contribution in [0, 0.1) is 25.2 Å². The third-order valence-electron chi connectivity index (χ3n) is 6.84. The number of amides is 1. The zero-order chi connectivity index (χ0) is 22.8. The van der Waals surface area contributed by atoms with E-state index in [-0.39, 0.29) is 29.6 Å². The van der Waals surface area contributed by atoms with E-state index in [0.717, 1.165) is 12.0 Å². The largest absolute Gasteiger partial charge is 0.346 e. The fourth-order valence-corrected chi connectivity index (χ4v) is 5.03. The molecule has 3 aromatic heterocycles. The summed E-state index contributed by atoms with van der Waals surface area (Å²) in [4.78, 5) is 40.6. The van der Waals surface area contributed by atoms with Crippen LogP contribution in [0.3, 0.4) is 0 Å². The molecular weight excluding hydrogens is 402 g/mol. The Morgan fingerprint density at radius 3 is 2.66 bits per heavy atom. The first-order chi connectivity index (χ1) is 15.2. The van der Waals surface area contributed by atoms with Gasteiger partial charge >= 0.3 is 0 Å². The molecule has 0 N–H and O–H groups in total. The van der Waals surface area contributed by atoms with Crippen LogP contribution >= 0.6 is 0 Å². The van der Waals surface area contributed by atoms with Crippen LogP contribution in [0.1, 0.15) is 42.3 Å². The fourth-order valence-electron chi connectivity index (χ4n) is 5.03. The zero-order valence-electron chi connectivity index (χ0n) is 18.7. The minimum absolute atomic E-state index is 0.0342. The van der Waals surface area contributed by atoms with Crippen LogP contribution in [-0.4, -0.2) is 68.7 Å². The summed E-state index contributed by atoms with van der Waals surface area (Å²) < 4.78 is 1.60. The smallest absolute Gasteiger partial charge is 0.243 e. The lowest BCUT2D eigenvalue weighted by atomic mass is 9.49. The number of aromatic nitrogens is 5. The van der Waals surface area contributed by atoms with E-state index in [1.165, 1.54) is 6.92 Å². The molecule has 1 saturated carbocycles. The van der Waals surface area contributed by atoms with Crippen LogP contribution in [0.5, 0.6) is 0 Å². The third-order valence-corrected chi connectivity index (χ3v) is 6.84.